The molecule has 24 heavy (non-hydrogen) atoms. The van der Waals surface area contributed by atoms with Crippen LogP contribution < -0.4 is 0 Å². The zero-order valence-electron chi connectivity index (χ0n) is 14.4. The standard InChI is InChI=1S/C20H21N3O/c1-14-9-11-15(12-10-14)18(13-19(24)20(2,3)4)23-17-8-6-5-7-16(17)21-22-23/h5-13H,1-4H3/b18-13+. The van der Waals surface area contributed by atoms with Gasteiger partial charge in [-0.05, 0) is 19.1 Å². The van der Waals surface area contributed by atoms with E-state index >= 15 is 0 Å². The average Bonchev–Trinajstić information content (AvgIpc) is 2.96. The Hall–Kier alpha value is -2.75. The maximum Gasteiger partial charge on any atom is 0.163 e. The van der Waals surface area contributed by atoms with Crippen LogP contribution in [0.4, 0.5) is 0 Å². The second kappa shape index (κ2) is 6.04. The summed E-state index contributed by atoms with van der Waals surface area (Å²) in [6.45, 7) is 7.78. The highest BCUT2D eigenvalue weighted by Crippen LogP contribution is 2.24. The predicted molar refractivity (Wildman–Crippen MR) is 96.5 cm³/mol. The van der Waals surface area contributed by atoms with E-state index in [1.165, 1.54) is 5.56 Å². The van der Waals surface area contributed by atoms with Crippen molar-refractivity contribution in [1.29, 1.82) is 0 Å². The molecule has 0 aliphatic heterocycles. The van der Waals surface area contributed by atoms with Crippen LogP contribution in [0.1, 0.15) is 31.9 Å². The topological polar surface area (TPSA) is 47.8 Å². The Morgan fingerprint density at radius 1 is 1.04 bits per heavy atom. The predicted octanol–water partition coefficient (Wildman–Crippen LogP) is 4.24. The lowest BCUT2D eigenvalue weighted by atomic mass is 9.89. The summed E-state index contributed by atoms with van der Waals surface area (Å²) < 4.78 is 1.74. The average molecular weight is 319 g/mol. The Morgan fingerprint density at radius 3 is 2.38 bits per heavy atom. The molecule has 2 aromatic carbocycles. The molecule has 0 unspecified atom stereocenters. The van der Waals surface area contributed by atoms with E-state index in [4.69, 9.17) is 0 Å². The van der Waals surface area contributed by atoms with Crippen LogP contribution in [0, 0.1) is 12.3 Å². The summed E-state index contributed by atoms with van der Waals surface area (Å²) >= 11 is 0. The number of allylic oxidation sites excluding steroid dienone is 1. The Kier molecular flexibility index (Phi) is 4.06. The van der Waals surface area contributed by atoms with Crippen molar-refractivity contribution in [2.45, 2.75) is 27.7 Å². The molecule has 0 amide bonds. The summed E-state index contributed by atoms with van der Waals surface area (Å²) in [6.07, 6.45) is 1.67. The summed E-state index contributed by atoms with van der Waals surface area (Å²) in [5, 5.41) is 8.49. The number of carbonyl (C=O) groups is 1. The van der Waals surface area contributed by atoms with Gasteiger partial charge in [0.25, 0.3) is 0 Å². The Bertz CT molecular complexity index is 912. The minimum atomic E-state index is -0.452. The largest absolute Gasteiger partial charge is 0.294 e. The highest BCUT2D eigenvalue weighted by Gasteiger charge is 2.21. The van der Waals surface area contributed by atoms with E-state index in [1.807, 2.05) is 76.2 Å². The van der Waals surface area contributed by atoms with Gasteiger partial charge < -0.3 is 0 Å². The van der Waals surface area contributed by atoms with Gasteiger partial charge in [-0.15, -0.1) is 5.10 Å². The number of nitrogens with zero attached hydrogens (tertiary/aromatic N) is 3. The van der Waals surface area contributed by atoms with E-state index < -0.39 is 5.41 Å². The lowest BCUT2D eigenvalue weighted by Crippen LogP contribution is -2.19. The van der Waals surface area contributed by atoms with Gasteiger partial charge in [0, 0.05) is 17.1 Å². The van der Waals surface area contributed by atoms with Gasteiger partial charge in [0.2, 0.25) is 0 Å². The van der Waals surface area contributed by atoms with Crippen molar-refractivity contribution < 1.29 is 4.79 Å². The Balaban J connectivity index is 2.20. The zero-order chi connectivity index (χ0) is 17.3. The molecule has 0 bridgehead atoms. The van der Waals surface area contributed by atoms with Gasteiger partial charge in [-0.25, -0.2) is 4.68 Å². The fourth-order valence-electron chi connectivity index (χ4n) is 2.38. The summed E-state index contributed by atoms with van der Waals surface area (Å²) in [5.41, 5.74) is 4.08. The fraction of sp³-hybridized carbons (Fsp3) is 0.250. The van der Waals surface area contributed by atoms with Gasteiger partial charge >= 0.3 is 0 Å². The van der Waals surface area contributed by atoms with Gasteiger partial charge in [0.05, 0.1) is 11.2 Å². The van der Waals surface area contributed by atoms with E-state index in [2.05, 4.69) is 10.3 Å². The first kappa shape index (κ1) is 16.1. The molecule has 0 saturated heterocycles. The van der Waals surface area contributed by atoms with Crippen LogP contribution in [-0.2, 0) is 4.79 Å². The zero-order valence-corrected chi connectivity index (χ0v) is 14.4. The molecule has 0 N–H and O–H groups in total. The molecule has 122 valence electrons. The molecule has 0 aliphatic carbocycles. The molecular weight excluding hydrogens is 298 g/mol. The van der Waals surface area contributed by atoms with Gasteiger partial charge in [-0.1, -0.05) is 67.9 Å². The third-order valence-electron chi connectivity index (χ3n) is 3.93. The Labute approximate surface area is 141 Å². The molecule has 4 nitrogen and oxygen atoms in total. The van der Waals surface area contributed by atoms with Crippen molar-refractivity contribution in [3.63, 3.8) is 0 Å². The van der Waals surface area contributed by atoms with Gasteiger partial charge in [0.15, 0.2) is 5.78 Å². The summed E-state index contributed by atoms with van der Waals surface area (Å²) in [6, 6.07) is 15.8. The van der Waals surface area contributed by atoms with Crippen molar-refractivity contribution in [2.24, 2.45) is 5.41 Å². The van der Waals surface area contributed by atoms with Crippen LogP contribution in [0.25, 0.3) is 16.7 Å². The van der Waals surface area contributed by atoms with Crippen molar-refractivity contribution in [2.75, 3.05) is 0 Å². The molecule has 1 heterocycles. The molecule has 0 aliphatic rings. The number of carbonyl (C=O) groups excluding carboxylic acids is 1. The number of benzene rings is 2. The number of aromatic nitrogens is 3. The van der Waals surface area contributed by atoms with Gasteiger partial charge in [-0.2, -0.15) is 0 Å². The quantitative estimate of drug-likeness (QED) is 0.678. The van der Waals surface area contributed by atoms with Crippen LogP contribution in [0.2, 0.25) is 0 Å². The molecule has 3 aromatic rings. The second-order valence-corrected chi connectivity index (χ2v) is 7.00. The molecular formula is C20H21N3O. The van der Waals surface area contributed by atoms with E-state index in [0.29, 0.717) is 0 Å². The second-order valence-electron chi connectivity index (χ2n) is 7.00. The van der Waals surface area contributed by atoms with E-state index in [0.717, 1.165) is 22.3 Å². The molecule has 0 atom stereocenters. The van der Waals surface area contributed by atoms with E-state index in [1.54, 1.807) is 10.8 Å². The molecule has 0 spiro atoms. The van der Waals surface area contributed by atoms with Crippen LogP contribution in [0.15, 0.2) is 54.6 Å². The van der Waals surface area contributed by atoms with E-state index in [9.17, 15) is 4.79 Å². The van der Waals surface area contributed by atoms with Gasteiger partial charge in [-0.3, -0.25) is 4.79 Å². The molecule has 3 rings (SSSR count). The molecule has 1 aromatic heterocycles. The molecule has 0 fully saturated rings. The van der Waals surface area contributed by atoms with Crippen molar-refractivity contribution in [3.05, 3.63) is 65.7 Å². The van der Waals surface area contributed by atoms with Crippen LogP contribution >= 0.6 is 0 Å². The minimum Gasteiger partial charge on any atom is -0.294 e. The third kappa shape index (κ3) is 3.13. The summed E-state index contributed by atoms with van der Waals surface area (Å²) in [7, 11) is 0. The van der Waals surface area contributed by atoms with Crippen LogP contribution in [0.3, 0.4) is 0 Å². The molecule has 4 heteroatoms. The number of rotatable bonds is 3. The number of ketones is 1. The summed E-state index contributed by atoms with van der Waals surface area (Å²) in [5.74, 6) is 0.0534. The first-order chi connectivity index (χ1) is 11.4. The number of hydrogen-bond donors (Lipinski definition) is 0. The lowest BCUT2D eigenvalue weighted by molar-refractivity contribution is -0.121. The van der Waals surface area contributed by atoms with Gasteiger partial charge in [0.1, 0.15) is 5.52 Å². The normalized spacial score (nSPS) is 12.6. The van der Waals surface area contributed by atoms with Crippen molar-refractivity contribution in [1.82, 2.24) is 15.0 Å². The van der Waals surface area contributed by atoms with Crippen molar-refractivity contribution in [3.8, 4) is 0 Å². The molecule has 0 saturated carbocycles. The third-order valence-corrected chi connectivity index (χ3v) is 3.93. The first-order valence-corrected chi connectivity index (χ1v) is 8.00. The number of fused-ring (bicyclic) bond motifs is 1. The minimum absolute atomic E-state index is 0.0534. The smallest absolute Gasteiger partial charge is 0.163 e. The number of hydrogen-bond acceptors (Lipinski definition) is 3. The Morgan fingerprint density at radius 2 is 1.71 bits per heavy atom. The highest BCUT2D eigenvalue weighted by atomic mass is 16.1. The number of aryl methyl sites for hydroxylation is 1. The van der Waals surface area contributed by atoms with Crippen LogP contribution in [-0.4, -0.2) is 20.8 Å². The van der Waals surface area contributed by atoms with Crippen molar-refractivity contribution >= 4 is 22.5 Å². The van der Waals surface area contributed by atoms with E-state index in [-0.39, 0.29) is 5.78 Å². The molecule has 0 radical (unpaired) electrons. The maximum atomic E-state index is 12.6. The maximum absolute atomic E-state index is 12.6. The summed E-state index contributed by atoms with van der Waals surface area (Å²) in [4.78, 5) is 12.6. The SMILES string of the molecule is Cc1ccc(/C(=C\C(=O)C(C)(C)C)n2nnc3ccccc32)cc1. The first-order valence-electron chi connectivity index (χ1n) is 8.00. The highest BCUT2D eigenvalue weighted by molar-refractivity contribution is 6.00. The number of para-hydroxylation sites is 1. The van der Waals surface area contributed by atoms with Crippen LogP contribution in [0.5, 0.6) is 0 Å². The lowest BCUT2D eigenvalue weighted by Gasteiger charge is -2.16. The monoisotopic (exact) mass is 319 g/mol. The fourth-order valence-corrected chi connectivity index (χ4v) is 2.38.